The standard InChI is InChI=1S/C13H21NO2/c1-3-11(15)6-7-13-12(5-4-8-14)10(2)9-16-13/h6-7,10-13,15H,3-5,9H2,1-2H3/b7-6+/t10-,11-,12-,13+/m0/s1. The largest absolute Gasteiger partial charge is 0.389 e. The minimum atomic E-state index is -0.379. The number of aliphatic hydroxyl groups excluding tert-OH is 1. The summed E-state index contributed by atoms with van der Waals surface area (Å²) in [6.45, 7) is 4.86. The number of hydrogen-bond donors (Lipinski definition) is 1. The minimum Gasteiger partial charge on any atom is -0.389 e. The third kappa shape index (κ3) is 3.62. The zero-order valence-electron chi connectivity index (χ0n) is 10.1. The summed E-state index contributed by atoms with van der Waals surface area (Å²) in [5.41, 5.74) is 0. The zero-order chi connectivity index (χ0) is 12.0. The molecule has 1 N–H and O–H groups in total. The summed E-state index contributed by atoms with van der Waals surface area (Å²) in [6, 6.07) is 2.18. The molecule has 90 valence electrons. The first kappa shape index (κ1) is 13.2. The molecule has 0 aromatic heterocycles. The van der Waals surface area contributed by atoms with Crippen molar-refractivity contribution in [1.82, 2.24) is 0 Å². The Balaban J connectivity index is 2.51. The molecule has 0 aromatic carbocycles. The van der Waals surface area contributed by atoms with Gasteiger partial charge in [-0.1, -0.05) is 26.0 Å². The van der Waals surface area contributed by atoms with Crippen LogP contribution in [0.5, 0.6) is 0 Å². The lowest BCUT2D eigenvalue weighted by Crippen LogP contribution is -2.17. The second-order valence-corrected chi connectivity index (χ2v) is 4.50. The number of hydrogen-bond acceptors (Lipinski definition) is 3. The molecule has 0 amide bonds. The maximum atomic E-state index is 9.45. The molecule has 0 radical (unpaired) electrons. The number of ether oxygens (including phenoxy) is 1. The monoisotopic (exact) mass is 223 g/mol. The molecule has 16 heavy (non-hydrogen) atoms. The Morgan fingerprint density at radius 3 is 3.00 bits per heavy atom. The summed E-state index contributed by atoms with van der Waals surface area (Å²) in [5.74, 6) is 0.918. The van der Waals surface area contributed by atoms with Gasteiger partial charge in [-0.2, -0.15) is 5.26 Å². The highest BCUT2D eigenvalue weighted by Gasteiger charge is 2.32. The molecule has 0 bridgehead atoms. The summed E-state index contributed by atoms with van der Waals surface area (Å²) in [7, 11) is 0. The predicted molar refractivity (Wildman–Crippen MR) is 62.7 cm³/mol. The van der Waals surface area contributed by atoms with Gasteiger partial charge in [-0.3, -0.25) is 0 Å². The smallest absolute Gasteiger partial charge is 0.0788 e. The molecule has 3 nitrogen and oxygen atoms in total. The van der Waals surface area contributed by atoms with E-state index in [0.717, 1.165) is 19.4 Å². The third-order valence-corrected chi connectivity index (χ3v) is 3.24. The quantitative estimate of drug-likeness (QED) is 0.727. The van der Waals surface area contributed by atoms with Crippen molar-refractivity contribution in [3.05, 3.63) is 12.2 Å². The van der Waals surface area contributed by atoms with E-state index in [4.69, 9.17) is 10.00 Å². The van der Waals surface area contributed by atoms with E-state index < -0.39 is 0 Å². The molecule has 0 unspecified atom stereocenters. The molecular formula is C13H21NO2. The van der Waals surface area contributed by atoms with E-state index in [1.54, 1.807) is 0 Å². The Labute approximate surface area is 97.7 Å². The zero-order valence-corrected chi connectivity index (χ0v) is 10.1. The molecule has 0 spiro atoms. The Bertz CT molecular complexity index is 270. The van der Waals surface area contributed by atoms with E-state index in [1.807, 2.05) is 19.1 Å². The van der Waals surface area contributed by atoms with Crippen LogP contribution in [0.3, 0.4) is 0 Å². The van der Waals surface area contributed by atoms with Crippen LogP contribution in [-0.2, 0) is 4.74 Å². The molecule has 1 saturated heterocycles. The first-order valence-electron chi connectivity index (χ1n) is 6.04. The Kier molecular flexibility index (Phi) is 5.51. The summed E-state index contributed by atoms with van der Waals surface area (Å²) in [5, 5.41) is 18.1. The van der Waals surface area contributed by atoms with Gasteiger partial charge in [0.15, 0.2) is 0 Å². The number of nitriles is 1. The Morgan fingerprint density at radius 1 is 1.62 bits per heavy atom. The fourth-order valence-electron chi connectivity index (χ4n) is 2.09. The second-order valence-electron chi connectivity index (χ2n) is 4.50. The lowest BCUT2D eigenvalue weighted by molar-refractivity contribution is 0.123. The van der Waals surface area contributed by atoms with Gasteiger partial charge in [0, 0.05) is 6.42 Å². The molecular weight excluding hydrogens is 202 g/mol. The third-order valence-electron chi connectivity index (χ3n) is 3.24. The molecule has 1 fully saturated rings. The summed E-state index contributed by atoms with van der Waals surface area (Å²) in [6.07, 6.45) is 5.65. The van der Waals surface area contributed by atoms with Crippen LogP contribution in [0.1, 0.15) is 33.1 Å². The van der Waals surface area contributed by atoms with Crippen molar-refractivity contribution in [1.29, 1.82) is 5.26 Å². The van der Waals surface area contributed by atoms with Gasteiger partial charge in [-0.15, -0.1) is 0 Å². The summed E-state index contributed by atoms with van der Waals surface area (Å²) in [4.78, 5) is 0. The fourth-order valence-corrected chi connectivity index (χ4v) is 2.09. The van der Waals surface area contributed by atoms with Gasteiger partial charge in [0.05, 0.1) is 24.9 Å². The Morgan fingerprint density at radius 2 is 2.38 bits per heavy atom. The average molecular weight is 223 g/mol. The van der Waals surface area contributed by atoms with Gasteiger partial charge >= 0.3 is 0 Å². The fraction of sp³-hybridized carbons (Fsp3) is 0.769. The van der Waals surface area contributed by atoms with E-state index in [1.165, 1.54) is 0 Å². The maximum Gasteiger partial charge on any atom is 0.0788 e. The van der Waals surface area contributed by atoms with Crippen LogP contribution in [0.15, 0.2) is 12.2 Å². The molecule has 0 aromatic rings. The highest BCUT2D eigenvalue weighted by atomic mass is 16.5. The number of nitrogens with zero attached hydrogens (tertiary/aromatic N) is 1. The first-order chi connectivity index (χ1) is 7.69. The maximum absolute atomic E-state index is 9.45. The van der Waals surface area contributed by atoms with Gasteiger partial charge in [0.2, 0.25) is 0 Å². The van der Waals surface area contributed by atoms with Crippen molar-refractivity contribution in [2.75, 3.05) is 6.61 Å². The van der Waals surface area contributed by atoms with Gasteiger partial charge in [-0.05, 0) is 24.7 Å². The molecule has 0 aliphatic carbocycles. The average Bonchev–Trinajstić information content (AvgIpc) is 2.64. The van der Waals surface area contributed by atoms with Crippen LogP contribution in [0.25, 0.3) is 0 Å². The number of rotatable bonds is 5. The SMILES string of the molecule is CC[C@H](O)/C=C/[C@H]1OC[C@H](C)[C@@H]1CCC#N. The molecule has 0 saturated carbocycles. The van der Waals surface area contributed by atoms with Crippen LogP contribution >= 0.6 is 0 Å². The van der Waals surface area contributed by atoms with E-state index in [-0.39, 0.29) is 12.2 Å². The van der Waals surface area contributed by atoms with Gasteiger partial charge in [0.1, 0.15) is 0 Å². The Hall–Kier alpha value is -0.850. The molecule has 1 rings (SSSR count). The van der Waals surface area contributed by atoms with Gasteiger partial charge < -0.3 is 9.84 Å². The van der Waals surface area contributed by atoms with Crippen molar-refractivity contribution in [3.63, 3.8) is 0 Å². The summed E-state index contributed by atoms with van der Waals surface area (Å²) >= 11 is 0. The normalized spacial score (nSPS) is 31.8. The van der Waals surface area contributed by atoms with E-state index >= 15 is 0 Å². The van der Waals surface area contributed by atoms with Crippen molar-refractivity contribution >= 4 is 0 Å². The van der Waals surface area contributed by atoms with Crippen LogP contribution in [-0.4, -0.2) is 23.9 Å². The topological polar surface area (TPSA) is 53.2 Å². The summed E-state index contributed by atoms with van der Waals surface area (Å²) < 4.78 is 5.66. The van der Waals surface area contributed by atoms with E-state index in [9.17, 15) is 5.11 Å². The molecule has 1 heterocycles. The lowest BCUT2D eigenvalue weighted by atomic mass is 9.88. The van der Waals surface area contributed by atoms with Crippen LogP contribution in [0.4, 0.5) is 0 Å². The molecule has 1 aliphatic rings. The second kappa shape index (κ2) is 6.67. The molecule has 3 heteroatoms. The van der Waals surface area contributed by atoms with Crippen LogP contribution in [0.2, 0.25) is 0 Å². The van der Waals surface area contributed by atoms with E-state index in [0.29, 0.717) is 18.3 Å². The minimum absolute atomic E-state index is 0.0737. The highest BCUT2D eigenvalue weighted by molar-refractivity contribution is 5.00. The van der Waals surface area contributed by atoms with Crippen LogP contribution in [0, 0.1) is 23.2 Å². The first-order valence-corrected chi connectivity index (χ1v) is 6.04. The van der Waals surface area contributed by atoms with Crippen molar-refractivity contribution in [2.45, 2.75) is 45.3 Å². The van der Waals surface area contributed by atoms with Crippen molar-refractivity contribution in [2.24, 2.45) is 11.8 Å². The predicted octanol–water partition coefficient (Wildman–Crippen LogP) is 2.27. The van der Waals surface area contributed by atoms with Crippen LogP contribution < -0.4 is 0 Å². The van der Waals surface area contributed by atoms with Gasteiger partial charge in [0.25, 0.3) is 0 Å². The highest BCUT2D eigenvalue weighted by Crippen LogP contribution is 2.31. The van der Waals surface area contributed by atoms with Crippen molar-refractivity contribution < 1.29 is 9.84 Å². The molecule has 1 aliphatic heterocycles. The molecule has 4 atom stereocenters. The van der Waals surface area contributed by atoms with Gasteiger partial charge in [-0.25, -0.2) is 0 Å². The van der Waals surface area contributed by atoms with Crippen molar-refractivity contribution in [3.8, 4) is 6.07 Å². The number of aliphatic hydroxyl groups is 1. The lowest BCUT2D eigenvalue weighted by Gasteiger charge is -2.17. The van der Waals surface area contributed by atoms with E-state index in [2.05, 4.69) is 13.0 Å².